The molecule has 6 heteroatoms. The van der Waals surface area contributed by atoms with E-state index in [1.165, 1.54) is 12.1 Å². The van der Waals surface area contributed by atoms with Gasteiger partial charge >= 0.3 is 0 Å². The second-order valence-electron chi connectivity index (χ2n) is 5.49. The van der Waals surface area contributed by atoms with Crippen LogP contribution in [-0.4, -0.2) is 28.8 Å². The number of aromatic nitrogens is 2. The van der Waals surface area contributed by atoms with Crippen LogP contribution in [0.25, 0.3) is 0 Å². The second kappa shape index (κ2) is 6.70. The van der Waals surface area contributed by atoms with Crippen molar-refractivity contribution in [1.82, 2.24) is 20.4 Å². The van der Waals surface area contributed by atoms with Gasteiger partial charge in [-0.1, -0.05) is 12.1 Å². The molecule has 1 aromatic carbocycles. The Morgan fingerprint density at radius 3 is 2.91 bits per heavy atom. The Morgan fingerprint density at radius 2 is 2.18 bits per heavy atom. The number of carbonyl (C=O) groups excluding carboxylic acids is 1. The number of nitrogens with one attached hydrogen (secondary N) is 2. The van der Waals surface area contributed by atoms with Crippen LogP contribution >= 0.6 is 0 Å². The first-order valence-electron chi connectivity index (χ1n) is 7.51. The van der Waals surface area contributed by atoms with Crippen molar-refractivity contribution in [3.63, 3.8) is 0 Å². The molecule has 0 radical (unpaired) electrons. The van der Waals surface area contributed by atoms with Crippen molar-refractivity contribution in [3.05, 3.63) is 53.6 Å². The first-order chi connectivity index (χ1) is 10.7. The van der Waals surface area contributed by atoms with Crippen LogP contribution in [0, 0.1) is 5.82 Å². The highest BCUT2D eigenvalue weighted by atomic mass is 19.1. The molecule has 116 valence electrons. The van der Waals surface area contributed by atoms with E-state index in [1.54, 1.807) is 18.2 Å². The molecule has 2 heterocycles. The summed E-state index contributed by atoms with van der Waals surface area (Å²) in [6.07, 6.45) is 4.05. The molecule has 1 unspecified atom stereocenters. The standard InChI is InChI=1S/C16H19FN4O/c17-13-5-3-12(4-6-13)10-19-16(22)15-7-9-21(20-15)14-2-1-8-18-11-14/h3-7,9,14,18H,1-2,8,10-11H2,(H,19,22). The fourth-order valence-electron chi connectivity index (χ4n) is 2.60. The van der Waals surface area contributed by atoms with Crippen LogP contribution in [0.3, 0.4) is 0 Å². The zero-order valence-corrected chi connectivity index (χ0v) is 12.3. The first-order valence-corrected chi connectivity index (χ1v) is 7.51. The van der Waals surface area contributed by atoms with Crippen LogP contribution in [0.5, 0.6) is 0 Å². The molecular weight excluding hydrogens is 283 g/mol. The smallest absolute Gasteiger partial charge is 0.272 e. The van der Waals surface area contributed by atoms with Gasteiger partial charge in [-0.25, -0.2) is 4.39 Å². The molecule has 0 bridgehead atoms. The summed E-state index contributed by atoms with van der Waals surface area (Å²) >= 11 is 0. The van der Waals surface area contributed by atoms with Crippen molar-refractivity contribution in [2.24, 2.45) is 0 Å². The Balaban J connectivity index is 1.58. The predicted molar refractivity (Wildman–Crippen MR) is 80.9 cm³/mol. The summed E-state index contributed by atoms with van der Waals surface area (Å²) in [5, 5.41) is 10.5. The molecular formula is C16H19FN4O. The van der Waals surface area contributed by atoms with Crippen LogP contribution in [0.4, 0.5) is 4.39 Å². The fraction of sp³-hybridized carbons (Fsp3) is 0.375. The van der Waals surface area contributed by atoms with Crippen molar-refractivity contribution >= 4 is 5.91 Å². The molecule has 1 atom stereocenters. The lowest BCUT2D eigenvalue weighted by molar-refractivity contribution is 0.0944. The number of benzene rings is 1. The number of halogens is 1. The Hall–Kier alpha value is -2.21. The van der Waals surface area contributed by atoms with E-state index < -0.39 is 0 Å². The molecule has 5 nitrogen and oxygen atoms in total. The fourth-order valence-corrected chi connectivity index (χ4v) is 2.60. The lowest BCUT2D eigenvalue weighted by Crippen LogP contribution is -2.32. The molecule has 1 saturated heterocycles. The molecule has 1 aliphatic rings. The number of piperidine rings is 1. The normalized spacial score (nSPS) is 18.1. The molecule has 1 amide bonds. The Kier molecular flexibility index (Phi) is 4.48. The molecule has 1 aliphatic heterocycles. The number of nitrogens with zero attached hydrogens (tertiary/aromatic N) is 2. The van der Waals surface area contributed by atoms with Crippen LogP contribution < -0.4 is 10.6 Å². The summed E-state index contributed by atoms with van der Waals surface area (Å²) in [7, 11) is 0. The molecule has 2 N–H and O–H groups in total. The van der Waals surface area contributed by atoms with Gasteiger partial charge in [0.15, 0.2) is 0 Å². The molecule has 0 spiro atoms. The van der Waals surface area contributed by atoms with Gasteiger partial charge in [0.25, 0.3) is 5.91 Å². The van der Waals surface area contributed by atoms with E-state index >= 15 is 0 Å². The first kappa shape index (κ1) is 14.7. The van der Waals surface area contributed by atoms with Crippen molar-refractivity contribution < 1.29 is 9.18 Å². The van der Waals surface area contributed by atoms with Crippen LogP contribution in [-0.2, 0) is 6.54 Å². The summed E-state index contributed by atoms with van der Waals surface area (Å²) in [5.74, 6) is -0.498. The zero-order chi connectivity index (χ0) is 15.4. The maximum absolute atomic E-state index is 12.8. The molecule has 2 aromatic rings. The summed E-state index contributed by atoms with van der Waals surface area (Å²) in [6.45, 7) is 2.29. The number of hydrogen-bond acceptors (Lipinski definition) is 3. The summed E-state index contributed by atoms with van der Waals surface area (Å²) in [5.41, 5.74) is 1.26. The SMILES string of the molecule is O=C(NCc1ccc(F)cc1)c1ccn(C2CCCNC2)n1. The summed E-state index contributed by atoms with van der Waals surface area (Å²) in [6, 6.07) is 8.11. The number of hydrogen-bond donors (Lipinski definition) is 2. The highest BCUT2D eigenvalue weighted by Crippen LogP contribution is 2.15. The topological polar surface area (TPSA) is 59.0 Å². The average Bonchev–Trinajstić information content (AvgIpc) is 3.05. The van der Waals surface area contributed by atoms with Gasteiger partial charge in [-0.15, -0.1) is 0 Å². The van der Waals surface area contributed by atoms with E-state index in [9.17, 15) is 9.18 Å². The zero-order valence-electron chi connectivity index (χ0n) is 12.3. The lowest BCUT2D eigenvalue weighted by atomic mass is 10.1. The van der Waals surface area contributed by atoms with Crippen molar-refractivity contribution in [2.75, 3.05) is 13.1 Å². The van der Waals surface area contributed by atoms with E-state index in [0.717, 1.165) is 31.5 Å². The largest absolute Gasteiger partial charge is 0.347 e. The minimum atomic E-state index is -0.282. The lowest BCUT2D eigenvalue weighted by Gasteiger charge is -2.22. The van der Waals surface area contributed by atoms with E-state index in [2.05, 4.69) is 15.7 Å². The van der Waals surface area contributed by atoms with Gasteiger partial charge < -0.3 is 10.6 Å². The third-order valence-corrected chi connectivity index (χ3v) is 3.85. The summed E-state index contributed by atoms with van der Waals surface area (Å²) in [4.78, 5) is 12.1. The second-order valence-corrected chi connectivity index (χ2v) is 5.49. The Labute approximate surface area is 128 Å². The van der Waals surface area contributed by atoms with Crippen LogP contribution in [0.2, 0.25) is 0 Å². The van der Waals surface area contributed by atoms with Crippen molar-refractivity contribution in [2.45, 2.75) is 25.4 Å². The average molecular weight is 302 g/mol. The third-order valence-electron chi connectivity index (χ3n) is 3.85. The van der Waals surface area contributed by atoms with Gasteiger partial charge in [-0.2, -0.15) is 5.10 Å². The van der Waals surface area contributed by atoms with Gasteiger partial charge in [-0.05, 0) is 43.1 Å². The van der Waals surface area contributed by atoms with Gasteiger partial charge in [-0.3, -0.25) is 9.48 Å². The van der Waals surface area contributed by atoms with Crippen molar-refractivity contribution in [1.29, 1.82) is 0 Å². The van der Waals surface area contributed by atoms with E-state index in [-0.39, 0.29) is 11.7 Å². The Bertz CT molecular complexity index is 632. The quantitative estimate of drug-likeness (QED) is 0.906. The molecule has 1 fully saturated rings. The highest BCUT2D eigenvalue weighted by molar-refractivity contribution is 5.92. The van der Waals surface area contributed by atoms with Crippen LogP contribution in [0.15, 0.2) is 36.5 Å². The number of amides is 1. The minimum Gasteiger partial charge on any atom is -0.347 e. The number of rotatable bonds is 4. The maximum atomic E-state index is 12.8. The van der Waals surface area contributed by atoms with E-state index in [1.807, 2.05) is 10.9 Å². The monoisotopic (exact) mass is 302 g/mol. The Morgan fingerprint density at radius 1 is 1.36 bits per heavy atom. The predicted octanol–water partition coefficient (Wildman–Crippen LogP) is 1.88. The molecule has 3 rings (SSSR count). The molecule has 0 saturated carbocycles. The summed E-state index contributed by atoms with van der Waals surface area (Å²) < 4.78 is 14.7. The number of carbonyl (C=O) groups is 1. The minimum absolute atomic E-state index is 0.216. The van der Waals surface area contributed by atoms with Crippen molar-refractivity contribution in [3.8, 4) is 0 Å². The van der Waals surface area contributed by atoms with E-state index in [0.29, 0.717) is 18.3 Å². The van der Waals surface area contributed by atoms with Gasteiger partial charge in [0, 0.05) is 19.3 Å². The molecule has 1 aromatic heterocycles. The third kappa shape index (κ3) is 3.51. The van der Waals surface area contributed by atoms with Gasteiger partial charge in [0.2, 0.25) is 0 Å². The van der Waals surface area contributed by atoms with Crippen LogP contribution in [0.1, 0.15) is 34.9 Å². The van der Waals surface area contributed by atoms with Gasteiger partial charge in [0.05, 0.1) is 6.04 Å². The molecule has 22 heavy (non-hydrogen) atoms. The van der Waals surface area contributed by atoms with Gasteiger partial charge in [0.1, 0.15) is 11.5 Å². The van der Waals surface area contributed by atoms with E-state index in [4.69, 9.17) is 0 Å². The molecule has 0 aliphatic carbocycles. The highest BCUT2D eigenvalue weighted by Gasteiger charge is 2.17. The maximum Gasteiger partial charge on any atom is 0.272 e.